The van der Waals surface area contributed by atoms with Gasteiger partial charge < -0.3 is 18.3 Å². The van der Waals surface area contributed by atoms with Gasteiger partial charge in [-0.05, 0) is 72.1 Å². The monoisotopic (exact) mass is 640 g/mol. The van der Waals surface area contributed by atoms with Crippen molar-refractivity contribution in [2.75, 3.05) is 4.90 Å². The van der Waals surface area contributed by atoms with Crippen LogP contribution in [0.2, 0.25) is 0 Å². The molecule has 0 unspecified atom stereocenters. The van der Waals surface area contributed by atoms with Crippen LogP contribution in [0.15, 0.2) is 179 Å². The summed E-state index contributed by atoms with van der Waals surface area (Å²) in [5.41, 5.74) is 10.0. The number of nitrogens with zero attached hydrogens (tertiary/aromatic N) is 2. The first-order valence-electron chi connectivity index (χ1n) is 16.9. The maximum absolute atomic E-state index is 6.71. The number of para-hydroxylation sites is 3. The summed E-state index contributed by atoms with van der Waals surface area (Å²) in [6.07, 6.45) is 0. The highest BCUT2D eigenvalue weighted by molar-refractivity contribution is 6.17. The van der Waals surface area contributed by atoms with Gasteiger partial charge in [0, 0.05) is 55.4 Å². The predicted octanol–water partition coefficient (Wildman–Crippen LogP) is 13.2. The van der Waals surface area contributed by atoms with E-state index in [4.69, 9.17) is 8.83 Å². The number of fused-ring (bicyclic) bond motifs is 11. The lowest BCUT2D eigenvalue weighted by atomic mass is 10.0. The van der Waals surface area contributed by atoms with Crippen LogP contribution in [0.25, 0.3) is 82.1 Å². The van der Waals surface area contributed by atoms with E-state index in [9.17, 15) is 0 Å². The summed E-state index contributed by atoms with van der Waals surface area (Å²) >= 11 is 0. The summed E-state index contributed by atoms with van der Waals surface area (Å²) in [6, 6.07) is 60.1. The summed E-state index contributed by atoms with van der Waals surface area (Å²) in [6.45, 7) is 0. The molecule has 11 aromatic rings. The first-order valence-corrected chi connectivity index (χ1v) is 16.9. The third-order valence-corrected chi connectivity index (χ3v) is 10.2. The Morgan fingerprint density at radius 1 is 0.400 bits per heavy atom. The van der Waals surface area contributed by atoms with Crippen LogP contribution in [0.1, 0.15) is 0 Å². The van der Waals surface area contributed by atoms with E-state index in [-0.39, 0.29) is 0 Å². The average molecular weight is 641 g/mol. The first kappa shape index (κ1) is 27.2. The van der Waals surface area contributed by atoms with Gasteiger partial charge in [-0.2, -0.15) is 0 Å². The maximum Gasteiger partial charge on any atom is 0.143 e. The van der Waals surface area contributed by atoms with Crippen LogP contribution in [0, 0.1) is 0 Å². The lowest BCUT2D eigenvalue weighted by Gasteiger charge is -2.26. The van der Waals surface area contributed by atoms with E-state index < -0.39 is 0 Å². The van der Waals surface area contributed by atoms with Crippen molar-refractivity contribution in [1.29, 1.82) is 0 Å². The Labute approximate surface area is 286 Å². The standard InChI is InChI=1S/C46H28N2O2/c1-2-12-30(13-3-1)48-39-17-8-6-15-34(39)35-25-22-31(27-41(35)48)47(40-18-10-20-43-45(40)38-16-7-9-19-42(38)49-43)32-23-26-36-37-24-21-29-11-4-5-14-33(29)46(37)50-44(36)28-32/h1-28H. The zero-order chi connectivity index (χ0) is 32.8. The van der Waals surface area contributed by atoms with E-state index in [0.29, 0.717) is 0 Å². The normalized spacial score (nSPS) is 12.0. The van der Waals surface area contributed by atoms with Crippen LogP contribution >= 0.6 is 0 Å². The van der Waals surface area contributed by atoms with Crippen LogP contribution in [-0.4, -0.2) is 4.57 Å². The van der Waals surface area contributed by atoms with E-state index in [1.54, 1.807) is 0 Å². The van der Waals surface area contributed by atoms with Crippen LogP contribution < -0.4 is 4.90 Å². The van der Waals surface area contributed by atoms with Crippen molar-refractivity contribution in [3.63, 3.8) is 0 Å². The molecule has 0 amide bonds. The molecule has 11 rings (SSSR count). The van der Waals surface area contributed by atoms with Gasteiger partial charge >= 0.3 is 0 Å². The molecule has 234 valence electrons. The minimum Gasteiger partial charge on any atom is -0.456 e. The number of anilines is 3. The molecule has 3 heterocycles. The van der Waals surface area contributed by atoms with Gasteiger partial charge in [0.2, 0.25) is 0 Å². The zero-order valence-electron chi connectivity index (χ0n) is 26.9. The molecular formula is C46H28N2O2. The number of aromatic nitrogens is 1. The molecule has 50 heavy (non-hydrogen) atoms. The van der Waals surface area contributed by atoms with Gasteiger partial charge in [0.25, 0.3) is 0 Å². The second kappa shape index (κ2) is 10.4. The van der Waals surface area contributed by atoms with E-state index in [2.05, 4.69) is 167 Å². The second-order valence-electron chi connectivity index (χ2n) is 12.9. The number of benzene rings is 8. The van der Waals surface area contributed by atoms with E-state index in [1.807, 2.05) is 12.1 Å². The lowest BCUT2D eigenvalue weighted by Crippen LogP contribution is -2.10. The highest BCUT2D eigenvalue weighted by Crippen LogP contribution is 2.46. The average Bonchev–Trinajstić information content (AvgIpc) is 3.85. The SMILES string of the molecule is c1ccc(-n2c3ccccc3c3ccc(N(c4ccc5c(c4)oc4c6ccccc6ccc54)c4cccc5oc6ccccc6c45)cc32)cc1. The molecule has 0 aliphatic heterocycles. The maximum atomic E-state index is 6.71. The van der Waals surface area contributed by atoms with Gasteiger partial charge in [-0.15, -0.1) is 0 Å². The fourth-order valence-electron chi connectivity index (χ4n) is 7.95. The van der Waals surface area contributed by atoms with Crippen LogP contribution in [0.5, 0.6) is 0 Å². The molecule has 0 radical (unpaired) electrons. The summed E-state index contributed by atoms with van der Waals surface area (Å²) in [4.78, 5) is 2.35. The predicted molar refractivity (Wildman–Crippen MR) is 208 cm³/mol. The van der Waals surface area contributed by atoms with Crippen LogP contribution in [0.4, 0.5) is 17.1 Å². The molecule has 0 aliphatic rings. The number of hydrogen-bond acceptors (Lipinski definition) is 3. The Morgan fingerprint density at radius 2 is 1.08 bits per heavy atom. The summed E-state index contributed by atoms with van der Waals surface area (Å²) in [7, 11) is 0. The highest BCUT2D eigenvalue weighted by atomic mass is 16.3. The molecule has 4 heteroatoms. The summed E-state index contributed by atoms with van der Waals surface area (Å²) < 4.78 is 15.5. The largest absolute Gasteiger partial charge is 0.456 e. The van der Waals surface area contributed by atoms with Crippen molar-refractivity contribution in [3.8, 4) is 5.69 Å². The topological polar surface area (TPSA) is 34.5 Å². The molecule has 0 aliphatic carbocycles. The molecule has 4 nitrogen and oxygen atoms in total. The fraction of sp³-hybridized carbons (Fsp3) is 0. The van der Waals surface area contributed by atoms with Gasteiger partial charge in [-0.3, -0.25) is 0 Å². The van der Waals surface area contributed by atoms with E-state index in [0.717, 1.165) is 77.5 Å². The Balaban J connectivity index is 1.22. The minimum absolute atomic E-state index is 0.850. The van der Waals surface area contributed by atoms with Crippen molar-refractivity contribution in [2.45, 2.75) is 0 Å². The second-order valence-corrected chi connectivity index (χ2v) is 12.9. The quantitative estimate of drug-likeness (QED) is 0.192. The molecule has 8 aromatic carbocycles. The Kier molecular flexibility index (Phi) is 5.63. The molecule has 0 fully saturated rings. The van der Waals surface area contributed by atoms with Crippen molar-refractivity contribution >= 4 is 93.5 Å². The number of furan rings is 2. The van der Waals surface area contributed by atoms with Gasteiger partial charge in [-0.1, -0.05) is 97.1 Å². The number of rotatable bonds is 4. The van der Waals surface area contributed by atoms with Gasteiger partial charge in [0.15, 0.2) is 0 Å². The van der Waals surface area contributed by atoms with Crippen LogP contribution in [-0.2, 0) is 0 Å². The third-order valence-electron chi connectivity index (χ3n) is 10.2. The van der Waals surface area contributed by atoms with Gasteiger partial charge in [0.05, 0.1) is 22.1 Å². The molecule has 0 atom stereocenters. The van der Waals surface area contributed by atoms with Crippen LogP contribution in [0.3, 0.4) is 0 Å². The molecule has 0 saturated carbocycles. The molecule has 0 bridgehead atoms. The molecule has 0 spiro atoms. The molecular weight excluding hydrogens is 613 g/mol. The highest BCUT2D eigenvalue weighted by Gasteiger charge is 2.22. The van der Waals surface area contributed by atoms with Gasteiger partial charge in [-0.25, -0.2) is 0 Å². The first-order chi connectivity index (χ1) is 24.8. The zero-order valence-corrected chi connectivity index (χ0v) is 26.9. The lowest BCUT2D eigenvalue weighted by molar-refractivity contribution is 0.669. The Hall–Kier alpha value is -6.78. The summed E-state index contributed by atoms with van der Waals surface area (Å²) in [5, 5.41) is 9.09. The van der Waals surface area contributed by atoms with Crippen molar-refractivity contribution < 1.29 is 8.83 Å². The van der Waals surface area contributed by atoms with Gasteiger partial charge in [0.1, 0.15) is 22.3 Å². The van der Waals surface area contributed by atoms with E-state index in [1.165, 1.54) is 21.7 Å². The van der Waals surface area contributed by atoms with Crippen molar-refractivity contribution in [2.24, 2.45) is 0 Å². The fourth-order valence-corrected chi connectivity index (χ4v) is 7.95. The van der Waals surface area contributed by atoms with E-state index >= 15 is 0 Å². The van der Waals surface area contributed by atoms with Crippen molar-refractivity contribution in [1.82, 2.24) is 4.57 Å². The molecule has 0 N–H and O–H groups in total. The minimum atomic E-state index is 0.850. The Morgan fingerprint density at radius 3 is 1.98 bits per heavy atom. The number of hydrogen-bond donors (Lipinski definition) is 0. The molecule has 0 saturated heterocycles. The van der Waals surface area contributed by atoms with Crippen molar-refractivity contribution in [3.05, 3.63) is 170 Å². The third kappa shape index (κ3) is 3.87. The Bertz CT molecular complexity index is 3110. The smallest absolute Gasteiger partial charge is 0.143 e. The molecule has 3 aromatic heterocycles. The summed E-state index contributed by atoms with van der Waals surface area (Å²) in [5.74, 6) is 0.